The second-order valence-corrected chi connectivity index (χ2v) is 6.43. The summed E-state index contributed by atoms with van der Waals surface area (Å²) >= 11 is 1.30. The van der Waals surface area contributed by atoms with E-state index in [1.54, 1.807) is 19.1 Å². The molecule has 0 fully saturated rings. The van der Waals surface area contributed by atoms with Crippen LogP contribution >= 0.6 is 11.3 Å². The van der Waals surface area contributed by atoms with Crippen LogP contribution in [0.2, 0.25) is 0 Å². The highest BCUT2D eigenvalue weighted by Crippen LogP contribution is 2.25. The molecule has 0 saturated carbocycles. The summed E-state index contributed by atoms with van der Waals surface area (Å²) in [5, 5.41) is 23.8. The van der Waals surface area contributed by atoms with Gasteiger partial charge in [-0.2, -0.15) is 5.26 Å². The van der Waals surface area contributed by atoms with E-state index in [0.29, 0.717) is 16.3 Å². The summed E-state index contributed by atoms with van der Waals surface area (Å²) in [6.07, 6.45) is 1.48. The number of hydrogen-bond donors (Lipinski definition) is 2. The second kappa shape index (κ2) is 7.64. The van der Waals surface area contributed by atoms with E-state index in [-0.39, 0.29) is 11.3 Å². The van der Waals surface area contributed by atoms with Gasteiger partial charge in [0.2, 0.25) is 0 Å². The number of aromatic nitrogens is 1. The molecular formula is C20H15N3O2S. The number of phenolic OH excluding ortho intramolecular Hbond substituents is 1. The molecule has 5 nitrogen and oxygen atoms in total. The van der Waals surface area contributed by atoms with Crippen molar-refractivity contribution in [3.8, 4) is 23.1 Å². The van der Waals surface area contributed by atoms with Crippen molar-refractivity contribution in [3.05, 3.63) is 70.6 Å². The van der Waals surface area contributed by atoms with Gasteiger partial charge in [-0.3, -0.25) is 10.1 Å². The maximum absolute atomic E-state index is 12.4. The molecule has 2 aromatic carbocycles. The Hall–Kier alpha value is -3.43. The molecule has 0 radical (unpaired) electrons. The Balaban J connectivity index is 1.78. The maximum Gasteiger partial charge on any atom is 0.268 e. The van der Waals surface area contributed by atoms with E-state index < -0.39 is 5.91 Å². The summed E-state index contributed by atoms with van der Waals surface area (Å²) in [5.74, 6) is -0.353. The summed E-state index contributed by atoms with van der Waals surface area (Å²) in [6, 6.07) is 16.4. The minimum atomic E-state index is -0.521. The molecule has 1 amide bonds. The lowest BCUT2D eigenvalue weighted by atomic mass is 10.1. The number of amides is 1. The number of hydrogen-bond acceptors (Lipinski definition) is 5. The van der Waals surface area contributed by atoms with Gasteiger partial charge in [0, 0.05) is 10.9 Å². The largest absolute Gasteiger partial charge is 0.508 e. The molecule has 1 aromatic heterocycles. The average Bonchev–Trinajstić information content (AvgIpc) is 3.11. The van der Waals surface area contributed by atoms with Crippen LogP contribution < -0.4 is 5.32 Å². The molecule has 2 N–H and O–H groups in total. The lowest BCUT2D eigenvalue weighted by molar-refractivity contribution is -0.112. The molecular weight excluding hydrogens is 346 g/mol. The molecule has 0 aliphatic heterocycles. The number of nitriles is 1. The maximum atomic E-state index is 12.4. The predicted octanol–water partition coefficient (Wildman–Crippen LogP) is 4.37. The standard InChI is InChI=1S/C20H15N3O2S/c1-13-9-14(7-8-18(13)24)10-16(11-21)19(25)23-20-22-17(12-26-20)15-5-3-2-4-6-15/h2-10,12,24H,1H3,(H,22,23,25)/b16-10+. The number of phenols is 1. The summed E-state index contributed by atoms with van der Waals surface area (Å²) in [7, 11) is 0. The van der Waals surface area contributed by atoms with Crippen molar-refractivity contribution in [2.45, 2.75) is 6.92 Å². The highest BCUT2D eigenvalue weighted by atomic mass is 32.1. The molecule has 0 atom stereocenters. The van der Waals surface area contributed by atoms with Gasteiger partial charge in [-0.05, 0) is 36.3 Å². The molecule has 0 unspecified atom stereocenters. The SMILES string of the molecule is Cc1cc(/C=C(\C#N)C(=O)Nc2nc(-c3ccccc3)cs2)ccc1O. The monoisotopic (exact) mass is 361 g/mol. The third-order valence-corrected chi connectivity index (χ3v) is 4.45. The van der Waals surface area contributed by atoms with Gasteiger partial charge in [-0.1, -0.05) is 36.4 Å². The van der Waals surface area contributed by atoms with E-state index in [0.717, 1.165) is 11.3 Å². The Kier molecular flexibility index (Phi) is 5.11. The Morgan fingerprint density at radius 2 is 2.04 bits per heavy atom. The first kappa shape index (κ1) is 17.4. The van der Waals surface area contributed by atoms with Gasteiger partial charge in [0.25, 0.3) is 5.91 Å². The van der Waals surface area contributed by atoms with Crippen molar-refractivity contribution in [1.82, 2.24) is 4.98 Å². The minimum absolute atomic E-state index is 0.0356. The molecule has 26 heavy (non-hydrogen) atoms. The summed E-state index contributed by atoms with van der Waals surface area (Å²) < 4.78 is 0. The van der Waals surface area contributed by atoms with Crippen LogP contribution in [-0.2, 0) is 4.79 Å². The van der Waals surface area contributed by atoms with E-state index in [1.165, 1.54) is 23.5 Å². The van der Waals surface area contributed by atoms with E-state index >= 15 is 0 Å². The van der Waals surface area contributed by atoms with Crippen molar-refractivity contribution in [3.63, 3.8) is 0 Å². The van der Waals surface area contributed by atoms with Crippen LogP contribution in [0, 0.1) is 18.3 Å². The molecule has 0 aliphatic carbocycles. The van der Waals surface area contributed by atoms with Crippen LogP contribution in [0.1, 0.15) is 11.1 Å². The number of thiazole rings is 1. The normalized spacial score (nSPS) is 11.0. The number of aryl methyl sites for hydroxylation is 1. The van der Waals surface area contributed by atoms with Crippen LogP contribution in [0.15, 0.2) is 59.5 Å². The van der Waals surface area contributed by atoms with Crippen LogP contribution in [0.5, 0.6) is 5.75 Å². The van der Waals surface area contributed by atoms with Crippen molar-refractivity contribution < 1.29 is 9.90 Å². The molecule has 0 saturated heterocycles. The zero-order chi connectivity index (χ0) is 18.5. The minimum Gasteiger partial charge on any atom is -0.508 e. The predicted molar refractivity (Wildman–Crippen MR) is 103 cm³/mol. The Bertz CT molecular complexity index is 1020. The summed E-state index contributed by atoms with van der Waals surface area (Å²) in [5.41, 5.74) is 3.02. The van der Waals surface area contributed by atoms with Crippen molar-refractivity contribution in [2.75, 3.05) is 5.32 Å². The molecule has 3 aromatic rings. The van der Waals surface area contributed by atoms with E-state index in [1.807, 2.05) is 41.8 Å². The first-order valence-electron chi connectivity index (χ1n) is 7.80. The zero-order valence-corrected chi connectivity index (χ0v) is 14.7. The third-order valence-electron chi connectivity index (χ3n) is 3.69. The van der Waals surface area contributed by atoms with Crippen molar-refractivity contribution >= 4 is 28.5 Å². The molecule has 0 spiro atoms. The van der Waals surface area contributed by atoms with E-state index in [2.05, 4.69) is 10.3 Å². The molecule has 6 heteroatoms. The summed E-state index contributed by atoms with van der Waals surface area (Å²) in [4.78, 5) is 16.7. The highest BCUT2D eigenvalue weighted by molar-refractivity contribution is 7.14. The van der Waals surface area contributed by atoms with Crippen molar-refractivity contribution in [2.24, 2.45) is 0 Å². The molecule has 3 rings (SSSR count). The number of aromatic hydroxyl groups is 1. The Morgan fingerprint density at radius 1 is 1.27 bits per heavy atom. The van der Waals surface area contributed by atoms with Crippen LogP contribution in [0.25, 0.3) is 17.3 Å². The van der Waals surface area contributed by atoms with Crippen LogP contribution in [0.4, 0.5) is 5.13 Å². The number of carbonyl (C=O) groups excluding carboxylic acids is 1. The van der Waals surface area contributed by atoms with Gasteiger partial charge < -0.3 is 5.11 Å². The number of nitrogens with one attached hydrogen (secondary N) is 1. The van der Waals surface area contributed by atoms with Gasteiger partial charge in [0.05, 0.1) is 5.69 Å². The van der Waals surface area contributed by atoms with Gasteiger partial charge in [-0.15, -0.1) is 11.3 Å². The average molecular weight is 361 g/mol. The van der Waals surface area contributed by atoms with Gasteiger partial charge in [0.15, 0.2) is 5.13 Å². The topological polar surface area (TPSA) is 86.0 Å². The van der Waals surface area contributed by atoms with Gasteiger partial charge in [0.1, 0.15) is 17.4 Å². The molecule has 0 bridgehead atoms. The lowest BCUT2D eigenvalue weighted by Gasteiger charge is -2.02. The number of rotatable bonds is 4. The van der Waals surface area contributed by atoms with Crippen LogP contribution in [0.3, 0.4) is 0 Å². The number of carbonyl (C=O) groups is 1. The fourth-order valence-corrected chi connectivity index (χ4v) is 3.04. The molecule has 128 valence electrons. The quantitative estimate of drug-likeness (QED) is 0.534. The highest BCUT2D eigenvalue weighted by Gasteiger charge is 2.12. The third kappa shape index (κ3) is 3.97. The second-order valence-electron chi connectivity index (χ2n) is 5.57. The lowest BCUT2D eigenvalue weighted by Crippen LogP contribution is -2.13. The number of benzene rings is 2. The molecule has 1 heterocycles. The van der Waals surface area contributed by atoms with Crippen LogP contribution in [-0.4, -0.2) is 16.0 Å². The Morgan fingerprint density at radius 3 is 2.73 bits per heavy atom. The van der Waals surface area contributed by atoms with Crippen molar-refractivity contribution in [1.29, 1.82) is 5.26 Å². The van der Waals surface area contributed by atoms with E-state index in [9.17, 15) is 15.2 Å². The first-order valence-corrected chi connectivity index (χ1v) is 8.68. The summed E-state index contributed by atoms with van der Waals surface area (Å²) in [6.45, 7) is 1.75. The smallest absolute Gasteiger partial charge is 0.268 e. The zero-order valence-electron chi connectivity index (χ0n) is 13.9. The molecule has 0 aliphatic rings. The number of anilines is 1. The fraction of sp³-hybridized carbons (Fsp3) is 0.0500. The van der Waals surface area contributed by atoms with E-state index in [4.69, 9.17) is 0 Å². The first-order chi connectivity index (χ1) is 12.6. The van der Waals surface area contributed by atoms with Gasteiger partial charge >= 0.3 is 0 Å². The fourth-order valence-electron chi connectivity index (χ4n) is 2.32. The Labute approximate surface area is 154 Å². The van der Waals surface area contributed by atoms with Gasteiger partial charge in [-0.25, -0.2) is 4.98 Å². The number of nitrogens with zero attached hydrogens (tertiary/aromatic N) is 2.